The summed E-state index contributed by atoms with van der Waals surface area (Å²) in [6, 6.07) is 12.3. The highest BCUT2D eigenvalue weighted by atomic mass is 16.2. The van der Waals surface area contributed by atoms with E-state index in [1.807, 2.05) is 17.0 Å². The van der Waals surface area contributed by atoms with Crippen molar-refractivity contribution in [2.75, 3.05) is 18.4 Å². The van der Waals surface area contributed by atoms with Crippen molar-refractivity contribution >= 4 is 11.7 Å². The fourth-order valence-electron chi connectivity index (χ4n) is 4.52. The van der Waals surface area contributed by atoms with Gasteiger partial charge in [-0.05, 0) is 55.4 Å². The molecule has 1 N–H and O–H groups in total. The van der Waals surface area contributed by atoms with E-state index in [0.717, 1.165) is 74.6 Å². The van der Waals surface area contributed by atoms with Gasteiger partial charge in [0, 0.05) is 55.3 Å². The summed E-state index contributed by atoms with van der Waals surface area (Å²) in [6.45, 7) is 2.28. The SMILES string of the molecule is O=C(CCCNc1nc(-c2ccncc2)nc2c1CCC2)N1CCc2ccccc2C1. The normalized spacial score (nSPS) is 14.8. The van der Waals surface area contributed by atoms with Crippen molar-refractivity contribution in [3.8, 4) is 11.4 Å². The molecule has 3 heterocycles. The number of anilines is 1. The number of hydrogen-bond donors (Lipinski definition) is 1. The Hall–Kier alpha value is -3.28. The van der Waals surface area contributed by atoms with Crippen molar-refractivity contribution in [1.82, 2.24) is 19.9 Å². The number of pyridine rings is 1. The molecule has 1 aliphatic carbocycles. The van der Waals surface area contributed by atoms with Crippen LogP contribution in [0.4, 0.5) is 5.82 Å². The average Bonchev–Trinajstić information content (AvgIpc) is 3.31. The van der Waals surface area contributed by atoms with Crippen LogP contribution in [0.15, 0.2) is 48.8 Å². The van der Waals surface area contributed by atoms with Crippen molar-refractivity contribution < 1.29 is 4.79 Å². The molecule has 6 heteroatoms. The Labute approximate surface area is 182 Å². The van der Waals surface area contributed by atoms with E-state index in [1.165, 1.54) is 16.7 Å². The van der Waals surface area contributed by atoms with E-state index >= 15 is 0 Å². The second kappa shape index (κ2) is 8.84. The largest absolute Gasteiger partial charge is 0.370 e. The number of aromatic nitrogens is 3. The van der Waals surface area contributed by atoms with Gasteiger partial charge >= 0.3 is 0 Å². The molecule has 0 spiro atoms. The van der Waals surface area contributed by atoms with E-state index in [4.69, 9.17) is 9.97 Å². The first-order chi connectivity index (χ1) is 15.3. The van der Waals surface area contributed by atoms with Gasteiger partial charge < -0.3 is 10.2 Å². The van der Waals surface area contributed by atoms with E-state index in [1.54, 1.807) is 12.4 Å². The number of nitrogens with zero attached hydrogens (tertiary/aromatic N) is 4. The molecule has 158 valence electrons. The quantitative estimate of drug-likeness (QED) is 0.623. The third-order valence-electron chi connectivity index (χ3n) is 6.21. The topological polar surface area (TPSA) is 71.0 Å². The van der Waals surface area contributed by atoms with Crippen molar-refractivity contribution in [2.45, 2.75) is 45.1 Å². The summed E-state index contributed by atoms with van der Waals surface area (Å²) in [7, 11) is 0. The molecule has 1 amide bonds. The first-order valence-electron chi connectivity index (χ1n) is 11.2. The Morgan fingerprint density at radius 1 is 1.00 bits per heavy atom. The molecular formula is C25H27N5O. The molecule has 2 aliphatic rings. The minimum atomic E-state index is 0.238. The number of nitrogens with one attached hydrogen (secondary N) is 1. The third kappa shape index (κ3) is 4.29. The van der Waals surface area contributed by atoms with Crippen LogP contribution in [0.25, 0.3) is 11.4 Å². The van der Waals surface area contributed by atoms with Gasteiger partial charge in [0.25, 0.3) is 0 Å². The lowest BCUT2D eigenvalue weighted by Gasteiger charge is -2.29. The molecule has 2 aromatic heterocycles. The number of hydrogen-bond acceptors (Lipinski definition) is 5. The zero-order valence-electron chi connectivity index (χ0n) is 17.7. The standard InChI is InChI=1S/C25H27N5O/c31-23(30-16-12-18-5-1-2-6-20(18)17-30)9-4-13-27-25-21-7-3-8-22(21)28-24(29-25)19-10-14-26-15-11-19/h1-2,5-6,10-11,14-15H,3-4,7-9,12-13,16-17H2,(H,27,28,29). The maximum Gasteiger partial charge on any atom is 0.222 e. The highest BCUT2D eigenvalue weighted by molar-refractivity contribution is 5.76. The molecule has 1 aliphatic heterocycles. The number of carbonyl (C=O) groups is 1. The van der Waals surface area contributed by atoms with E-state index in [0.29, 0.717) is 6.42 Å². The lowest BCUT2D eigenvalue weighted by Crippen LogP contribution is -2.36. The Balaban J connectivity index is 1.19. The molecule has 0 saturated heterocycles. The molecule has 1 aromatic carbocycles. The van der Waals surface area contributed by atoms with Crippen LogP contribution >= 0.6 is 0 Å². The van der Waals surface area contributed by atoms with Gasteiger partial charge in [0.15, 0.2) is 5.82 Å². The van der Waals surface area contributed by atoms with Crippen LogP contribution in [0.2, 0.25) is 0 Å². The van der Waals surface area contributed by atoms with Gasteiger partial charge in [-0.1, -0.05) is 24.3 Å². The summed E-state index contributed by atoms with van der Waals surface area (Å²) in [5.41, 5.74) is 6.01. The number of amides is 1. The second-order valence-corrected chi connectivity index (χ2v) is 8.27. The minimum Gasteiger partial charge on any atom is -0.370 e. The molecule has 5 rings (SSSR count). The molecule has 31 heavy (non-hydrogen) atoms. The van der Waals surface area contributed by atoms with Crippen molar-refractivity contribution in [1.29, 1.82) is 0 Å². The Kier molecular flexibility index (Phi) is 5.61. The molecule has 0 saturated carbocycles. The molecule has 3 aromatic rings. The smallest absolute Gasteiger partial charge is 0.222 e. The van der Waals surface area contributed by atoms with Crippen LogP contribution < -0.4 is 5.32 Å². The lowest BCUT2D eigenvalue weighted by atomic mass is 9.99. The fourth-order valence-corrected chi connectivity index (χ4v) is 4.52. The summed E-state index contributed by atoms with van der Waals surface area (Å²) < 4.78 is 0. The third-order valence-corrected chi connectivity index (χ3v) is 6.21. The zero-order chi connectivity index (χ0) is 21.0. The van der Waals surface area contributed by atoms with E-state index < -0.39 is 0 Å². The summed E-state index contributed by atoms with van der Waals surface area (Å²) in [5.74, 6) is 1.91. The maximum atomic E-state index is 12.7. The van der Waals surface area contributed by atoms with Crippen molar-refractivity contribution in [2.24, 2.45) is 0 Å². The number of benzene rings is 1. The average molecular weight is 414 g/mol. The van der Waals surface area contributed by atoms with Gasteiger partial charge in [0.1, 0.15) is 5.82 Å². The Morgan fingerprint density at radius 2 is 1.84 bits per heavy atom. The van der Waals surface area contributed by atoms with Gasteiger partial charge in [-0.15, -0.1) is 0 Å². The van der Waals surface area contributed by atoms with E-state index in [2.05, 4.69) is 34.6 Å². The van der Waals surface area contributed by atoms with E-state index in [-0.39, 0.29) is 5.91 Å². The molecule has 6 nitrogen and oxygen atoms in total. The number of rotatable bonds is 6. The highest BCUT2D eigenvalue weighted by Gasteiger charge is 2.21. The van der Waals surface area contributed by atoms with Crippen LogP contribution in [0.1, 0.15) is 41.6 Å². The van der Waals surface area contributed by atoms with Gasteiger partial charge in [-0.2, -0.15) is 0 Å². The van der Waals surface area contributed by atoms with Crippen LogP contribution in [0, 0.1) is 0 Å². The minimum absolute atomic E-state index is 0.238. The lowest BCUT2D eigenvalue weighted by molar-refractivity contribution is -0.132. The first kappa shape index (κ1) is 19.7. The van der Waals surface area contributed by atoms with E-state index in [9.17, 15) is 4.79 Å². The van der Waals surface area contributed by atoms with Gasteiger partial charge in [-0.3, -0.25) is 9.78 Å². The van der Waals surface area contributed by atoms with Gasteiger partial charge in [-0.25, -0.2) is 9.97 Å². The van der Waals surface area contributed by atoms with Crippen LogP contribution in [-0.2, 0) is 30.6 Å². The second-order valence-electron chi connectivity index (χ2n) is 8.27. The molecule has 0 radical (unpaired) electrons. The number of aryl methyl sites for hydroxylation is 1. The molecule has 0 bridgehead atoms. The maximum absolute atomic E-state index is 12.7. The first-order valence-corrected chi connectivity index (χ1v) is 11.2. The summed E-state index contributed by atoms with van der Waals surface area (Å²) in [4.78, 5) is 28.4. The fraction of sp³-hybridized carbons (Fsp3) is 0.360. The van der Waals surface area contributed by atoms with Crippen LogP contribution in [0.5, 0.6) is 0 Å². The molecule has 0 fully saturated rings. The summed E-state index contributed by atoms with van der Waals surface area (Å²) in [5, 5.41) is 3.49. The van der Waals surface area contributed by atoms with Crippen molar-refractivity contribution in [3.63, 3.8) is 0 Å². The highest BCUT2D eigenvalue weighted by Crippen LogP contribution is 2.29. The van der Waals surface area contributed by atoms with Crippen LogP contribution in [0.3, 0.4) is 0 Å². The summed E-state index contributed by atoms with van der Waals surface area (Å²) in [6.07, 6.45) is 8.96. The number of fused-ring (bicyclic) bond motifs is 2. The Morgan fingerprint density at radius 3 is 2.71 bits per heavy atom. The molecular weight excluding hydrogens is 386 g/mol. The Bertz CT molecular complexity index is 1080. The van der Waals surface area contributed by atoms with Gasteiger partial charge in [0.05, 0.1) is 0 Å². The summed E-state index contributed by atoms with van der Waals surface area (Å²) >= 11 is 0. The molecule has 0 unspecified atom stereocenters. The molecule has 0 atom stereocenters. The van der Waals surface area contributed by atoms with Gasteiger partial charge in [0.2, 0.25) is 5.91 Å². The zero-order valence-corrected chi connectivity index (χ0v) is 17.7. The van der Waals surface area contributed by atoms with Crippen LogP contribution in [-0.4, -0.2) is 38.8 Å². The predicted molar refractivity (Wildman–Crippen MR) is 121 cm³/mol. The predicted octanol–water partition coefficient (Wildman–Crippen LogP) is 3.80. The monoisotopic (exact) mass is 413 g/mol. The number of carbonyl (C=O) groups excluding carboxylic acids is 1. The van der Waals surface area contributed by atoms with Crippen molar-refractivity contribution in [3.05, 3.63) is 71.2 Å².